The molecule has 1 aliphatic rings. The fraction of sp³-hybridized carbons (Fsp3) is 0.250. The van der Waals surface area contributed by atoms with Crippen molar-refractivity contribution >= 4 is 11.8 Å². The van der Waals surface area contributed by atoms with Crippen molar-refractivity contribution in [3.05, 3.63) is 71.2 Å². The summed E-state index contributed by atoms with van der Waals surface area (Å²) in [5.41, 5.74) is 4.57. The highest BCUT2D eigenvalue weighted by Crippen LogP contribution is 2.22. The van der Waals surface area contributed by atoms with E-state index in [2.05, 4.69) is 19.9 Å². The summed E-state index contributed by atoms with van der Waals surface area (Å²) in [6.07, 6.45) is 6.60. The van der Waals surface area contributed by atoms with Crippen molar-refractivity contribution in [3.63, 3.8) is 0 Å². The fourth-order valence-corrected chi connectivity index (χ4v) is 3.55. The van der Waals surface area contributed by atoms with Crippen LogP contribution in [0.5, 0.6) is 0 Å². The lowest BCUT2D eigenvalue weighted by molar-refractivity contribution is 0.242. The van der Waals surface area contributed by atoms with Crippen LogP contribution in [0.25, 0.3) is 11.3 Å². The van der Waals surface area contributed by atoms with E-state index in [1.807, 2.05) is 24.6 Å². The van der Waals surface area contributed by atoms with Gasteiger partial charge in [0.25, 0.3) is 0 Å². The van der Waals surface area contributed by atoms with Crippen molar-refractivity contribution in [3.8, 4) is 11.3 Å². The average molecular weight is 384 g/mol. The van der Waals surface area contributed by atoms with Crippen LogP contribution in [-0.4, -0.2) is 32.7 Å². The predicted molar refractivity (Wildman–Crippen MR) is 101 cm³/mol. The molecular formula is C20H18F2N4S. The molecule has 1 aliphatic heterocycles. The smallest absolute Gasteiger partial charge is 0.187 e. The van der Waals surface area contributed by atoms with Crippen molar-refractivity contribution in [2.75, 3.05) is 12.8 Å². The number of nitrogens with zero attached hydrogens (tertiary/aromatic N) is 4. The van der Waals surface area contributed by atoms with Crippen molar-refractivity contribution < 1.29 is 8.78 Å². The summed E-state index contributed by atoms with van der Waals surface area (Å²) in [5.74, 6) is -1.72. The van der Waals surface area contributed by atoms with Crippen molar-refractivity contribution in [1.82, 2.24) is 19.9 Å². The van der Waals surface area contributed by atoms with Gasteiger partial charge in [0.15, 0.2) is 16.8 Å². The van der Waals surface area contributed by atoms with Crippen molar-refractivity contribution in [1.29, 1.82) is 0 Å². The van der Waals surface area contributed by atoms with E-state index in [1.54, 1.807) is 18.0 Å². The molecule has 138 valence electrons. The normalized spacial score (nSPS) is 14.2. The fourth-order valence-electron chi connectivity index (χ4n) is 3.19. The van der Waals surface area contributed by atoms with Gasteiger partial charge in [-0.05, 0) is 36.1 Å². The molecule has 3 heterocycles. The molecule has 0 atom stereocenters. The summed E-state index contributed by atoms with van der Waals surface area (Å²) in [6, 6.07) is 7.64. The number of hydrogen-bond acceptors (Lipinski definition) is 5. The largest absolute Gasteiger partial charge is 0.294 e. The van der Waals surface area contributed by atoms with Gasteiger partial charge in [0.05, 0.1) is 11.4 Å². The first-order valence-corrected chi connectivity index (χ1v) is 9.86. The summed E-state index contributed by atoms with van der Waals surface area (Å²) < 4.78 is 26.5. The molecule has 4 rings (SSSR count). The molecular weight excluding hydrogens is 366 g/mol. The highest BCUT2D eigenvalue weighted by atomic mass is 32.2. The molecule has 0 aliphatic carbocycles. The number of hydrogen-bond donors (Lipinski definition) is 0. The Morgan fingerprint density at radius 3 is 2.70 bits per heavy atom. The second-order valence-corrected chi connectivity index (χ2v) is 7.24. The lowest BCUT2D eigenvalue weighted by atomic mass is 10.1. The van der Waals surface area contributed by atoms with Gasteiger partial charge in [0.2, 0.25) is 0 Å². The number of thioether (sulfide) groups is 1. The Balaban J connectivity index is 1.45. The van der Waals surface area contributed by atoms with Crippen LogP contribution >= 0.6 is 11.8 Å². The minimum absolute atomic E-state index is 0.564. The van der Waals surface area contributed by atoms with E-state index in [-0.39, 0.29) is 0 Å². The molecule has 1 aromatic carbocycles. The van der Waals surface area contributed by atoms with Crippen LogP contribution < -0.4 is 0 Å². The average Bonchev–Trinajstić information content (AvgIpc) is 2.70. The number of pyridine rings is 1. The van der Waals surface area contributed by atoms with Gasteiger partial charge in [0, 0.05) is 49.6 Å². The van der Waals surface area contributed by atoms with Gasteiger partial charge in [0.1, 0.15) is 0 Å². The molecule has 0 spiro atoms. The minimum atomic E-state index is -0.864. The van der Waals surface area contributed by atoms with E-state index in [0.717, 1.165) is 48.5 Å². The second kappa shape index (κ2) is 7.70. The number of benzene rings is 1. The summed E-state index contributed by atoms with van der Waals surface area (Å²) in [4.78, 5) is 15.7. The van der Waals surface area contributed by atoms with Gasteiger partial charge in [-0.25, -0.2) is 18.7 Å². The number of halogens is 2. The number of aromatic nitrogens is 3. The molecule has 4 nitrogen and oxygen atoms in total. The molecule has 0 bridgehead atoms. The maximum Gasteiger partial charge on any atom is 0.187 e. The Bertz CT molecular complexity index is 963. The highest BCUT2D eigenvalue weighted by Gasteiger charge is 2.18. The Morgan fingerprint density at radius 2 is 1.96 bits per heavy atom. The maximum atomic E-state index is 13.4. The number of rotatable bonds is 4. The van der Waals surface area contributed by atoms with Gasteiger partial charge >= 0.3 is 0 Å². The lowest BCUT2D eigenvalue weighted by Gasteiger charge is -2.27. The number of fused-ring (bicyclic) bond motifs is 1. The molecule has 0 N–H and O–H groups in total. The molecule has 7 heteroatoms. The van der Waals surface area contributed by atoms with Crippen LogP contribution in [0.2, 0.25) is 0 Å². The van der Waals surface area contributed by atoms with Gasteiger partial charge in [-0.1, -0.05) is 17.8 Å². The van der Waals surface area contributed by atoms with E-state index in [1.165, 1.54) is 17.7 Å². The quantitative estimate of drug-likeness (QED) is 0.500. The zero-order valence-corrected chi connectivity index (χ0v) is 15.6. The summed E-state index contributed by atoms with van der Waals surface area (Å²) in [7, 11) is 0. The topological polar surface area (TPSA) is 41.9 Å². The van der Waals surface area contributed by atoms with Crippen LogP contribution in [0.1, 0.15) is 16.8 Å². The molecule has 0 amide bonds. The van der Waals surface area contributed by atoms with E-state index in [4.69, 9.17) is 0 Å². The monoisotopic (exact) mass is 384 g/mol. The van der Waals surface area contributed by atoms with E-state index < -0.39 is 11.6 Å². The van der Waals surface area contributed by atoms with Gasteiger partial charge < -0.3 is 0 Å². The third kappa shape index (κ3) is 3.99. The molecule has 0 saturated carbocycles. The zero-order chi connectivity index (χ0) is 18.8. The van der Waals surface area contributed by atoms with E-state index >= 15 is 0 Å². The molecule has 2 aromatic heterocycles. The van der Waals surface area contributed by atoms with Crippen LogP contribution in [0.4, 0.5) is 8.78 Å². The van der Waals surface area contributed by atoms with Crippen LogP contribution in [-0.2, 0) is 19.5 Å². The van der Waals surface area contributed by atoms with E-state index in [0.29, 0.717) is 11.3 Å². The molecule has 0 saturated heterocycles. The first-order chi connectivity index (χ1) is 13.1. The third-order valence-electron chi connectivity index (χ3n) is 4.62. The first-order valence-electron chi connectivity index (χ1n) is 8.64. The molecule has 0 fully saturated rings. The third-order valence-corrected chi connectivity index (χ3v) is 5.18. The molecule has 3 aromatic rings. The van der Waals surface area contributed by atoms with E-state index in [9.17, 15) is 8.78 Å². The van der Waals surface area contributed by atoms with Gasteiger partial charge in [-0.15, -0.1) is 0 Å². The second-order valence-electron chi connectivity index (χ2n) is 6.47. The Morgan fingerprint density at radius 1 is 1.07 bits per heavy atom. The Hall–Kier alpha value is -2.38. The van der Waals surface area contributed by atoms with Gasteiger partial charge in [-0.3, -0.25) is 9.88 Å². The van der Waals surface area contributed by atoms with Crippen LogP contribution in [0.15, 0.2) is 47.9 Å². The van der Waals surface area contributed by atoms with Gasteiger partial charge in [-0.2, -0.15) is 0 Å². The summed E-state index contributed by atoms with van der Waals surface area (Å²) in [6.45, 7) is 2.52. The molecule has 27 heavy (non-hydrogen) atoms. The zero-order valence-electron chi connectivity index (χ0n) is 14.8. The molecule has 0 unspecified atom stereocenters. The van der Waals surface area contributed by atoms with Crippen LogP contribution in [0, 0.1) is 11.6 Å². The standard InChI is InChI=1S/C20H18F2N4S/c1-27-20-24-10-15-12-26(7-6-19(15)25-20)11-13-2-5-18(23-9-13)14-3-4-16(21)17(22)8-14/h2-5,8-10H,6-7,11-12H2,1H3. The Labute approximate surface area is 160 Å². The van der Waals surface area contributed by atoms with Crippen molar-refractivity contribution in [2.24, 2.45) is 0 Å². The van der Waals surface area contributed by atoms with Crippen LogP contribution in [0.3, 0.4) is 0 Å². The lowest BCUT2D eigenvalue weighted by Crippen LogP contribution is -2.31. The molecule has 0 radical (unpaired) electrons. The minimum Gasteiger partial charge on any atom is -0.294 e. The maximum absolute atomic E-state index is 13.4. The summed E-state index contributed by atoms with van der Waals surface area (Å²) in [5, 5.41) is 0.819. The summed E-state index contributed by atoms with van der Waals surface area (Å²) >= 11 is 1.56. The SMILES string of the molecule is CSc1ncc2c(n1)CCN(Cc1ccc(-c3ccc(F)c(F)c3)nc1)C2. The predicted octanol–water partition coefficient (Wildman–Crippen LogP) is 4.10. The van der Waals surface area contributed by atoms with Crippen molar-refractivity contribution in [2.45, 2.75) is 24.7 Å². The highest BCUT2D eigenvalue weighted by molar-refractivity contribution is 7.98. The Kier molecular flexibility index (Phi) is 5.13. The first kappa shape index (κ1) is 18.0.